The van der Waals surface area contributed by atoms with Crippen LogP contribution in [0.3, 0.4) is 0 Å². The van der Waals surface area contributed by atoms with Crippen LogP contribution in [-0.2, 0) is 28.7 Å². The van der Waals surface area contributed by atoms with Crippen molar-refractivity contribution in [2.45, 2.75) is 87.1 Å². The van der Waals surface area contributed by atoms with E-state index in [2.05, 4.69) is 41.3 Å². The Hall–Kier alpha value is -3.02. The first-order valence-electron chi connectivity index (χ1n) is 15.9. The number of aliphatic hydroxyl groups is 1. The minimum absolute atomic E-state index is 0.115. The van der Waals surface area contributed by atoms with Crippen LogP contribution in [0.15, 0.2) is 55.6 Å². The van der Waals surface area contributed by atoms with Gasteiger partial charge in [0.05, 0.1) is 37.1 Å². The number of carbonyl (C=O) groups is 4. The van der Waals surface area contributed by atoms with Crippen LogP contribution in [-0.4, -0.2) is 93.5 Å². The van der Waals surface area contributed by atoms with Crippen LogP contribution in [0.5, 0.6) is 0 Å². The Morgan fingerprint density at radius 3 is 2.62 bits per heavy atom. The van der Waals surface area contributed by atoms with Gasteiger partial charge in [-0.05, 0) is 31.7 Å². The fourth-order valence-electron chi connectivity index (χ4n) is 7.05. The summed E-state index contributed by atoms with van der Waals surface area (Å²) in [5.74, 6) is -3.46. The average molecular weight is 689 g/mol. The molecule has 3 aliphatic heterocycles. The SMILES string of the molecule is C=CCCC(=O)NC[C@H](C)OC(=O)[C@H]1[C@@H]2O[C@@]3(CC2Br)[C@@H]1C(=O)N([C@H](CO)c1ccccc1)[C@@H]3C(=O)N(CC=C)CCCCC. The van der Waals surface area contributed by atoms with Crippen molar-refractivity contribution in [2.24, 2.45) is 11.8 Å². The maximum atomic E-state index is 14.6. The maximum absolute atomic E-state index is 14.6. The third-order valence-corrected chi connectivity index (χ3v) is 9.94. The maximum Gasteiger partial charge on any atom is 0.312 e. The zero-order valence-corrected chi connectivity index (χ0v) is 27.8. The van der Waals surface area contributed by atoms with Gasteiger partial charge in [0.1, 0.15) is 17.7 Å². The molecule has 3 heterocycles. The minimum atomic E-state index is -1.30. The van der Waals surface area contributed by atoms with Crippen molar-refractivity contribution < 1.29 is 33.8 Å². The third-order valence-electron chi connectivity index (χ3n) is 9.10. The second-order valence-corrected chi connectivity index (χ2v) is 13.4. The van der Waals surface area contributed by atoms with Gasteiger partial charge in [-0.2, -0.15) is 0 Å². The molecule has 1 aromatic rings. The van der Waals surface area contributed by atoms with Gasteiger partial charge in [0.25, 0.3) is 0 Å². The summed E-state index contributed by atoms with van der Waals surface area (Å²) in [7, 11) is 0. The number of aliphatic hydroxyl groups excluding tert-OH is 1. The van der Waals surface area contributed by atoms with E-state index in [0.29, 0.717) is 31.5 Å². The van der Waals surface area contributed by atoms with Crippen LogP contribution in [0.1, 0.15) is 64.0 Å². The van der Waals surface area contributed by atoms with Crippen LogP contribution < -0.4 is 5.32 Å². The number of nitrogens with one attached hydrogen (secondary N) is 1. The highest BCUT2D eigenvalue weighted by Gasteiger charge is 2.77. The van der Waals surface area contributed by atoms with Crippen molar-refractivity contribution >= 4 is 39.6 Å². The molecule has 3 amide bonds. The number of esters is 1. The lowest BCUT2D eigenvalue weighted by molar-refractivity contribution is -0.160. The summed E-state index contributed by atoms with van der Waals surface area (Å²) in [4.78, 5) is 57.9. The molecule has 1 unspecified atom stereocenters. The van der Waals surface area contributed by atoms with Crippen LogP contribution in [0.2, 0.25) is 0 Å². The number of carbonyl (C=O) groups excluding carboxylic acids is 4. The van der Waals surface area contributed by atoms with Crippen molar-refractivity contribution in [1.29, 1.82) is 0 Å². The topological polar surface area (TPSA) is 125 Å². The van der Waals surface area contributed by atoms with E-state index in [0.717, 1.165) is 19.3 Å². The molecule has 0 saturated carbocycles. The number of amides is 3. The van der Waals surface area contributed by atoms with Crippen molar-refractivity contribution in [1.82, 2.24) is 15.1 Å². The van der Waals surface area contributed by atoms with Crippen molar-refractivity contribution in [3.8, 4) is 0 Å². The lowest BCUT2D eigenvalue weighted by Gasteiger charge is -2.39. The lowest BCUT2D eigenvalue weighted by atomic mass is 9.70. The molecule has 0 aliphatic carbocycles. The first-order chi connectivity index (χ1) is 21.6. The van der Waals surface area contributed by atoms with E-state index in [1.807, 2.05) is 30.3 Å². The Morgan fingerprint density at radius 2 is 1.98 bits per heavy atom. The standard InChI is InChI=1S/C34H46BrN3O7/c1-5-8-13-18-37(17-7-3)32(42)30-34-19-24(35)29(45-34)27(33(43)44-22(4)20-36-26(40)16-9-6-2)28(34)31(41)38(30)25(21-39)23-14-11-10-12-15-23/h6-7,10-12,14-15,22,24-25,27-30,39H,2-3,5,8-9,13,16-21H2,1,4H3,(H,36,40)/t22-,24?,25+,27+,28-,29+,30+,34-/m0/s1. The molecule has 1 spiro atoms. The molecule has 2 N–H and O–H groups in total. The van der Waals surface area contributed by atoms with Crippen molar-refractivity contribution in [3.63, 3.8) is 0 Å². The molecule has 1 aromatic carbocycles. The Labute approximate surface area is 274 Å². The molecular weight excluding hydrogens is 642 g/mol. The molecular formula is C34H46BrN3O7. The molecule has 0 radical (unpaired) electrons. The van der Waals surface area contributed by atoms with E-state index in [-0.39, 0.29) is 29.6 Å². The molecule has 2 bridgehead atoms. The van der Waals surface area contributed by atoms with E-state index in [4.69, 9.17) is 9.47 Å². The van der Waals surface area contributed by atoms with Crippen LogP contribution >= 0.6 is 15.9 Å². The summed E-state index contributed by atoms with van der Waals surface area (Å²) in [5.41, 5.74) is -0.626. The highest BCUT2D eigenvalue weighted by molar-refractivity contribution is 9.09. The van der Waals surface area contributed by atoms with Gasteiger partial charge in [0, 0.05) is 24.3 Å². The number of halogens is 1. The van der Waals surface area contributed by atoms with Crippen molar-refractivity contribution in [2.75, 3.05) is 26.2 Å². The molecule has 45 heavy (non-hydrogen) atoms. The van der Waals surface area contributed by atoms with E-state index >= 15 is 0 Å². The minimum Gasteiger partial charge on any atom is -0.460 e. The average Bonchev–Trinajstić information content (AvgIpc) is 3.62. The number of likely N-dealkylation sites (tertiary alicyclic amines) is 1. The summed E-state index contributed by atoms with van der Waals surface area (Å²) in [5, 5.41) is 13.4. The number of unbranched alkanes of at least 4 members (excludes halogenated alkanes) is 2. The van der Waals surface area contributed by atoms with Gasteiger partial charge in [-0.25, -0.2) is 0 Å². The Kier molecular flexibility index (Phi) is 12.0. The number of ether oxygens (including phenoxy) is 2. The second-order valence-electron chi connectivity index (χ2n) is 12.2. The Bertz CT molecular complexity index is 1250. The molecule has 0 aromatic heterocycles. The zero-order chi connectivity index (χ0) is 32.7. The quantitative estimate of drug-likeness (QED) is 0.111. The van der Waals surface area contributed by atoms with Gasteiger partial charge in [0.2, 0.25) is 17.7 Å². The number of benzene rings is 1. The summed E-state index contributed by atoms with van der Waals surface area (Å²) in [6, 6.07) is 7.20. The number of hydrogen-bond donors (Lipinski definition) is 2. The smallest absolute Gasteiger partial charge is 0.312 e. The Balaban J connectivity index is 1.68. The summed E-state index contributed by atoms with van der Waals surface area (Å²) < 4.78 is 12.4. The molecule has 3 aliphatic rings. The number of hydrogen-bond acceptors (Lipinski definition) is 7. The third kappa shape index (κ3) is 7.05. The second kappa shape index (κ2) is 15.5. The van der Waals surface area contributed by atoms with Crippen LogP contribution in [0.25, 0.3) is 0 Å². The van der Waals surface area contributed by atoms with E-state index in [9.17, 15) is 24.3 Å². The number of rotatable bonds is 17. The zero-order valence-electron chi connectivity index (χ0n) is 26.2. The molecule has 246 valence electrons. The predicted molar refractivity (Wildman–Crippen MR) is 173 cm³/mol. The van der Waals surface area contributed by atoms with E-state index < -0.39 is 60.2 Å². The van der Waals surface area contributed by atoms with Gasteiger partial charge in [0.15, 0.2) is 0 Å². The molecule has 11 heteroatoms. The molecule has 4 rings (SSSR count). The van der Waals surface area contributed by atoms with Gasteiger partial charge in [-0.1, -0.05) is 78.2 Å². The normalized spacial score (nSPS) is 27.9. The van der Waals surface area contributed by atoms with Gasteiger partial charge >= 0.3 is 5.97 Å². The lowest BCUT2D eigenvalue weighted by Crippen LogP contribution is -2.57. The monoisotopic (exact) mass is 687 g/mol. The van der Waals surface area contributed by atoms with Crippen LogP contribution in [0, 0.1) is 11.8 Å². The highest BCUT2D eigenvalue weighted by atomic mass is 79.9. The van der Waals surface area contributed by atoms with Gasteiger partial charge < -0.3 is 29.7 Å². The highest BCUT2D eigenvalue weighted by Crippen LogP contribution is 2.61. The number of nitrogens with zero attached hydrogens (tertiary/aromatic N) is 2. The predicted octanol–water partition coefficient (Wildman–Crippen LogP) is 3.69. The van der Waals surface area contributed by atoms with E-state index in [1.54, 1.807) is 24.0 Å². The molecule has 3 saturated heterocycles. The molecule has 10 nitrogen and oxygen atoms in total. The first-order valence-corrected chi connectivity index (χ1v) is 16.8. The first kappa shape index (κ1) is 34.8. The summed E-state index contributed by atoms with van der Waals surface area (Å²) in [6.07, 6.45) is 5.85. The fourth-order valence-corrected chi connectivity index (χ4v) is 7.99. The van der Waals surface area contributed by atoms with Crippen LogP contribution in [0.4, 0.5) is 0 Å². The molecule has 8 atom stereocenters. The van der Waals surface area contributed by atoms with Gasteiger partial charge in [-0.3, -0.25) is 19.2 Å². The summed E-state index contributed by atoms with van der Waals surface area (Å²) >= 11 is 3.69. The number of fused-ring (bicyclic) bond motifs is 1. The number of allylic oxidation sites excluding steroid dienone is 1. The Morgan fingerprint density at radius 1 is 1.24 bits per heavy atom. The van der Waals surface area contributed by atoms with E-state index in [1.165, 1.54) is 4.90 Å². The fraction of sp³-hybridized carbons (Fsp3) is 0.588. The number of alkyl halides is 1. The molecule has 3 fully saturated rings. The van der Waals surface area contributed by atoms with Crippen molar-refractivity contribution in [3.05, 3.63) is 61.2 Å². The summed E-state index contributed by atoms with van der Waals surface area (Å²) in [6.45, 7) is 11.7. The largest absolute Gasteiger partial charge is 0.460 e. The van der Waals surface area contributed by atoms with Gasteiger partial charge in [-0.15, -0.1) is 13.2 Å².